The van der Waals surface area contributed by atoms with Crippen LogP contribution in [0.3, 0.4) is 0 Å². The SMILES string of the molecule is Cc1cc2n[nH]c(I)c2c(Br)c1[C@H]1C[C@H]1C. The number of aromatic amines is 1. The molecule has 16 heavy (non-hydrogen) atoms. The molecule has 1 N–H and O–H groups in total. The van der Waals surface area contributed by atoms with Crippen molar-refractivity contribution < 1.29 is 0 Å². The van der Waals surface area contributed by atoms with Crippen molar-refractivity contribution in [1.82, 2.24) is 10.2 Å². The highest BCUT2D eigenvalue weighted by Crippen LogP contribution is 2.51. The molecule has 1 aromatic heterocycles. The Morgan fingerprint density at radius 2 is 2.25 bits per heavy atom. The number of nitrogens with one attached hydrogen (secondary N) is 1. The quantitative estimate of drug-likeness (QED) is 0.720. The lowest BCUT2D eigenvalue weighted by molar-refractivity contribution is 0.906. The second-order valence-corrected chi connectivity index (χ2v) is 6.54. The molecule has 0 radical (unpaired) electrons. The summed E-state index contributed by atoms with van der Waals surface area (Å²) < 4.78 is 2.36. The van der Waals surface area contributed by atoms with Crippen LogP contribution in [0.1, 0.15) is 30.4 Å². The maximum absolute atomic E-state index is 4.32. The molecule has 0 spiro atoms. The molecule has 3 rings (SSSR count). The summed E-state index contributed by atoms with van der Waals surface area (Å²) in [5.74, 6) is 1.57. The Bertz CT molecular complexity index is 576. The average Bonchev–Trinajstić information content (AvgIpc) is 2.79. The first-order chi connectivity index (χ1) is 7.59. The summed E-state index contributed by atoms with van der Waals surface area (Å²) in [6, 6.07) is 2.19. The van der Waals surface area contributed by atoms with Crippen LogP contribution in [0.15, 0.2) is 10.5 Å². The van der Waals surface area contributed by atoms with Gasteiger partial charge in [0.15, 0.2) is 0 Å². The summed E-state index contributed by atoms with van der Waals surface area (Å²) >= 11 is 6.07. The van der Waals surface area contributed by atoms with Gasteiger partial charge in [-0.05, 0) is 80.9 Å². The molecule has 1 heterocycles. The molecule has 1 aromatic carbocycles. The summed E-state index contributed by atoms with van der Waals surface area (Å²) in [5, 5.41) is 8.60. The highest BCUT2D eigenvalue weighted by atomic mass is 127. The maximum Gasteiger partial charge on any atom is 0.105 e. The number of fused-ring (bicyclic) bond motifs is 1. The Hall–Kier alpha value is -0.100. The van der Waals surface area contributed by atoms with Crippen LogP contribution in [0, 0.1) is 16.5 Å². The van der Waals surface area contributed by atoms with Gasteiger partial charge < -0.3 is 0 Å². The van der Waals surface area contributed by atoms with Gasteiger partial charge in [-0.15, -0.1) is 0 Å². The molecule has 2 nitrogen and oxygen atoms in total. The van der Waals surface area contributed by atoms with E-state index in [2.05, 4.69) is 68.6 Å². The molecule has 0 bridgehead atoms. The van der Waals surface area contributed by atoms with E-state index in [1.807, 2.05) is 0 Å². The van der Waals surface area contributed by atoms with E-state index in [0.717, 1.165) is 21.1 Å². The molecule has 0 amide bonds. The van der Waals surface area contributed by atoms with Gasteiger partial charge in [-0.25, -0.2) is 0 Å². The molecule has 2 aromatic rings. The standard InChI is InChI=1S/C12H12BrIN2/c1-5-3-7(5)9-6(2)4-8-10(11(9)13)12(14)16-15-8/h4-5,7H,3H2,1-2H3,(H,15,16)/t5-,7+/m1/s1. The monoisotopic (exact) mass is 390 g/mol. The molecular formula is C12H12BrIN2. The van der Waals surface area contributed by atoms with E-state index in [-0.39, 0.29) is 0 Å². The molecule has 1 fully saturated rings. The van der Waals surface area contributed by atoms with Gasteiger partial charge in [-0.1, -0.05) is 6.92 Å². The molecule has 1 aliphatic rings. The third-order valence-corrected chi connectivity index (χ3v) is 5.07. The Morgan fingerprint density at radius 3 is 2.88 bits per heavy atom. The van der Waals surface area contributed by atoms with E-state index >= 15 is 0 Å². The summed E-state index contributed by atoms with van der Waals surface area (Å²) in [4.78, 5) is 0. The van der Waals surface area contributed by atoms with E-state index in [1.165, 1.54) is 27.4 Å². The predicted octanol–water partition coefficient (Wildman–Crippen LogP) is 4.36. The zero-order chi connectivity index (χ0) is 11.4. The Labute approximate surface area is 116 Å². The van der Waals surface area contributed by atoms with Crippen LogP contribution < -0.4 is 0 Å². The fourth-order valence-electron chi connectivity index (χ4n) is 2.42. The number of hydrogen-bond acceptors (Lipinski definition) is 1. The number of H-pyrrole nitrogens is 1. The number of benzene rings is 1. The lowest BCUT2D eigenvalue weighted by Crippen LogP contribution is -1.91. The number of halogens is 2. The highest BCUT2D eigenvalue weighted by molar-refractivity contribution is 14.1. The van der Waals surface area contributed by atoms with Crippen molar-refractivity contribution in [3.8, 4) is 0 Å². The van der Waals surface area contributed by atoms with E-state index in [4.69, 9.17) is 0 Å². The van der Waals surface area contributed by atoms with E-state index in [0.29, 0.717) is 0 Å². The topological polar surface area (TPSA) is 28.7 Å². The van der Waals surface area contributed by atoms with Crippen molar-refractivity contribution in [1.29, 1.82) is 0 Å². The molecule has 1 aliphatic carbocycles. The van der Waals surface area contributed by atoms with Gasteiger partial charge in [0.25, 0.3) is 0 Å². The van der Waals surface area contributed by atoms with E-state index < -0.39 is 0 Å². The van der Waals surface area contributed by atoms with Crippen LogP contribution in [0.4, 0.5) is 0 Å². The van der Waals surface area contributed by atoms with Gasteiger partial charge in [0.05, 0.1) is 5.52 Å². The summed E-state index contributed by atoms with van der Waals surface area (Å²) in [7, 11) is 0. The van der Waals surface area contributed by atoms with Gasteiger partial charge in [-0.2, -0.15) is 5.10 Å². The molecule has 0 saturated heterocycles. The predicted molar refractivity (Wildman–Crippen MR) is 77.8 cm³/mol. The smallest absolute Gasteiger partial charge is 0.105 e. The molecule has 4 heteroatoms. The van der Waals surface area contributed by atoms with Crippen LogP contribution in [-0.4, -0.2) is 10.2 Å². The number of aromatic nitrogens is 2. The van der Waals surface area contributed by atoms with Crippen molar-refractivity contribution in [2.45, 2.75) is 26.2 Å². The van der Waals surface area contributed by atoms with Crippen LogP contribution in [-0.2, 0) is 0 Å². The molecule has 1 saturated carbocycles. The molecule has 0 unspecified atom stereocenters. The maximum atomic E-state index is 4.32. The van der Waals surface area contributed by atoms with Crippen molar-refractivity contribution in [2.75, 3.05) is 0 Å². The number of rotatable bonds is 1. The third kappa shape index (κ3) is 1.53. The van der Waals surface area contributed by atoms with Crippen molar-refractivity contribution in [2.24, 2.45) is 5.92 Å². The van der Waals surface area contributed by atoms with Crippen molar-refractivity contribution >= 4 is 49.4 Å². The number of aryl methyl sites for hydroxylation is 1. The second-order valence-electron chi connectivity index (χ2n) is 4.67. The van der Waals surface area contributed by atoms with E-state index in [1.54, 1.807) is 0 Å². The molecule has 2 atom stereocenters. The normalized spacial score (nSPS) is 24.0. The minimum Gasteiger partial charge on any atom is -0.271 e. The summed E-state index contributed by atoms with van der Waals surface area (Å²) in [6.07, 6.45) is 1.32. The van der Waals surface area contributed by atoms with Gasteiger partial charge in [0.1, 0.15) is 3.70 Å². The van der Waals surface area contributed by atoms with Gasteiger partial charge in [-0.3, -0.25) is 5.10 Å². The van der Waals surface area contributed by atoms with E-state index in [9.17, 15) is 0 Å². The highest BCUT2D eigenvalue weighted by Gasteiger charge is 2.37. The van der Waals surface area contributed by atoms with Gasteiger partial charge in [0.2, 0.25) is 0 Å². The van der Waals surface area contributed by atoms with Gasteiger partial charge in [0, 0.05) is 9.86 Å². The van der Waals surface area contributed by atoms with Crippen molar-refractivity contribution in [3.63, 3.8) is 0 Å². The molecule has 0 aliphatic heterocycles. The number of nitrogens with zero attached hydrogens (tertiary/aromatic N) is 1. The van der Waals surface area contributed by atoms with Crippen LogP contribution in [0.2, 0.25) is 0 Å². The Kier molecular flexibility index (Phi) is 2.55. The van der Waals surface area contributed by atoms with Crippen LogP contribution in [0.5, 0.6) is 0 Å². The minimum atomic E-state index is 0.740. The number of hydrogen-bond donors (Lipinski definition) is 1. The lowest BCUT2D eigenvalue weighted by Gasteiger charge is -2.09. The third-order valence-electron chi connectivity index (χ3n) is 3.46. The Balaban J connectivity index is 2.31. The fraction of sp³-hybridized carbons (Fsp3) is 0.417. The molecule has 84 valence electrons. The second kappa shape index (κ2) is 3.70. The largest absolute Gasteiger partial charge is 0.271 e. The van der Waals surface area contributed by atoms with Crippen LogP contribution in [0.25, 0.3) is 10.9 Å². The summed E-state index contributed by atoms with van der Waals surface area (Å²) in [5.41, 5.74) is 3.90. The fourth-order valence-corrected chi connectivity index (χ4v) is 4.46. The molecular weight excluding hydrogens is 379 g/mol. The van der Waals surface area contributed by atoms with Gasteiger partial charge >= 0.3 is 0 Å². The minimum absolute atomic E-state index is 0.740. The Morgan fingerprint density at radius 1 is 1.56 bits per heavy atom. The van der Waals surface area contributed by atoms with Crippen LogP contribution >= 0.6 is 38.5 Å². The first-order valence-corrected chi connectivity index (χ1v) is 7.29. The zero-order valence-corrected chi connectivity index (χ0v) is 12.9. The summed E-state index contributed by atoms with van der Waals surface area (Å²) in [6.45, 7) is 4.51. The zero-order valence-electron chi connectivity index (χ0n) is 9.14. The lowest BCUT2D eigenvalue weighted by atomic mass is 10.0. The van der Waals surface area contributed by atoms with Crippen molar-refractivity contribution in [3.05, 3.63) is 25.4 Å². The first kappa shape index (κ1) is 11.0. The average molecular weight is 391 g/mol. The first-order valence-electron chi connectivity index (χ1n) is 5.42.